The number of benzene rings is 2. The molecule has 2 aromatic carbocycles. The van der Waals surface area contributed by atoms with Gasteiger partial charge >= 0.3 is 0 Å². The lowest BCUT2D eigenvalue weighted by Gasteiger charge is -2.11. The van der Waals surface area contributed by atoms with Crippen molar-refractivity contribution in [3.63, 3.8) is 0 Å². The van der Waals surface area contributed by atoms with Crippen LogP contribution in [0.1, 0.15) is 5.56 Å². The van der Waals surface area contributed by atoms with Gasteiger partial charge in [-0.25, -0.2) is 8.42 Å². The van der Waals surface area contributed by atoms with Crippen molar-refractivity contribution in [3.8, 4) is 5.75 Å². The quantitative estimate of drug-likeness (QED) is 0.885. The van der Waals surface area contributed by atoms with Gasteiger partial charge in [-0.1, -0.05) is 17.7 Å². The summed E-state index contributed by atoms with van der Waals surface area (Å²) in [5.74, 6) is 0.640. The molecule has 7 heteroatoms. The number of hydrogen-bond acceptors (Lipinski definition) is 4. The van der Waals surface area contributed by atoms with Crippen LogP contribution in [0.15, 0.2) is 47.4 Å². The Balaban J connectivity index is 2.33. The monoisotopic (exact) mass is 326 g/mol. The summed E-state index contributed by atoms with van der Waals surface area (Å²) in [6.07, 6.45) is 0. The molecule has 0 unspecified atom stereocenters. The Morgan fingerprint density at radius 1 is 1.19 bits per heavy atom. The van der Waals surface area contributed by atoms with Gasteiger partial charge in [-0.15, -0.1) is 0 Å². The van der Waals surface area contributed by atoms with Gasteiger partial charge in [0.15, 0.2) is 0 Å². The standard InChI is InChI=1S/C14H15ClN2O3S/c1-20-12-5-3-11(4-6-12)17-21(18,19)14-8-10(9-16)2-7-13(14)15/h2-8,17H,9,16H2,1H3. The molecule has 0 fully saturated rings. The van der Waals surface area contributed by atoms with E-state index in [4.69, 9.17) is 22.1 Å². The molecule has 3 N–H and O–H groups in total. The summed E-state index contributed by atoms with van der Waals surface area (Å²) in [5.41, 5.74) is 6.64. The summed E-state index contributed by atoms with van der Waals surface area (Å²) in [4.78, 5) is 0.00272. The van der Waals surface area contributed by atoms with Gasteiger partial charge in [0.25, 0.3) is 10.0 Å². The van der Waals surface area contributed by atoms with Crippen molar-refractivity contribution in [2.75, 3.05) is 11.8 Å². The van der Waals surface area contributed by atoms with E-state index >= 15 is 0 Å². The molecule has 0 atom stereocenters. The molecule has 0 aromatic heterocycles. The largest absolute Gasteiger partial charge is 0.497 e. The SMILES string of the molecule is COc1ccc(NS(=O)(=O)c2cc(CN)ccc2Cl)cc1. The summed E-state index contributed by atoms with van der Waals surface area (Å²) in [6, 6.07) is 11.2. The van der Waals surface area contributed by atoms with Gasteiger partial charge in [0.2, 0.25) is 0 Å². The lowest BCUT2D eigenvalue weighted by atomic mass is 10.2. The fourth-order valence-corrected chi connectivity index (χ4v) is 3.36. The molecule has 5 nitrogen and oxygen atoms in total. The molecule has 0 bridgehead atoms. The predicted molar refractivity (Wildman–Crippen MR) is 83.1 cm³/mol. The topological polar surface area (TPSA) is 81.4 Å². The Kier molecular flexibility index (Phi) is 4.72. The average Bonchev–Trinajstić information content (AvgIpc) is 2.48. The van der Waals surface area contributed by atoms with Crippen molar-refractivity contribution < 1.29 is 13.2 Å². The highest BCUT2D eigenvalue weighted by Crippen LogP contribution is 2.25. The zero-order chi connectivity index (χ0) is 15.5. The molecule has 0 spiro atoms. The second-order valence-corrected chi connectivity index (χ2v) is 6.36. The van der Waals surface area contributed by atoms with Crippen LogP contribution in [0, 0.1) is 0 Å². The van der Waals surface area contributed by atoms with Crippen LogP contribution >= 0.6 is 11.6 Å². The number of sulfonamides is 1. The first kappa shape index (κ1) is 15.6. The molecule has 0 radical (unpaired) electrons. The number of methoxy groups -OCH3 is 1. The van der Waals surface area contributed by atoms with Crippen LogP contribution < -0.4 is 15.2 Å². The summed E-state index contributed by atoms with van der Waals surface area (Å²) in [5, 5.41) is 0.146. The first-order chi connectivity index (χ1) is 9.96. The molecule has 0 saturated carbocycles. The van der Waals surface area contributed by atoms with Crippen LogP contribution in [-0.2, 0) is 16.6 Å². The second-order valence-electron chi connectivity index (χ2n) is 4.30. The zero-order valence-corrected chi connectivity index (χ0v) is 12.9. The minimum atomic E-state index is -3.77. The Morgan fingerprint density at radius 2 is 1.86 bits per heavy atom. The van der Waals surface area contributed by atoms with E-state index in [1.165, 1.54) is 19.2 Å². The lowest BCUT2D eigenvalue weighted by molar-refractivity contribution is 0.415. The molecule has 0 aliphatic heterocycles. The molecule has 0 amide bonds. The van der Waals surface area contributed by atoms with Gasteiger partial charge in [-0.2, -0.15) is 0 Å². The third kappa shape index (κ3) is 3.66. The number of nitrogens with one attached hydrogen (secondary N) is 1. The maximum absolute atomic E-state index is 12.4. The van der Waals surface area contributed by atoms with E-state index in [9.17, 15) is 8.42 Å². The van der Waals surface area contributed by atoms with Gasteiger partial charge in [0.1, 0.15) is 10.6 Å². The Hall–Kier alpha value is -1.76. The zero-order valence-electron chi connectivity index (χ0n) is 11.3. The summed E-state index contributed by atoms with van der Waals surface area (Å²) < 4.78 is 32.2. The van der Waals surface area contributed by atoms with E-state index in [0.717, 1.165) is 0 Å². The highest BCUT2D eigenvalue weighted by Gasteiger charge is 2.18. The molecule has 0 heterocycles. The van der Waals surface area contributed by atoms with E-state index in [1.807, 2.05) is 0 Å². The molecule has 2 rings (SSSR count). The van der Waals surface area contributed by atoms with Crippen molar-refractivity contribution in [1.82, 2.24) is 0 Å². The number of hydrogen-bond donors (Lipinski definition) is 2. The molecular formula is C14H15ClN2O3S. The fourth-order valence-electron chi connectivity index (χ4n) is 1.75. The third-order valence-electron chi connectivity index (χ3n) is 2.86. The van der Waals surface area contributed by atoms with Crippen LogP contribution in [0.2, 0.25) is 5.02 Å². The van der Waals surface area contributed by atoms with Crippen molar-refractivity contribution in [2.24, 2.45) is 5.73 Å². The lowest BCUT2D eigenvalue weighted by Crippen LogP contribution is -2.14. The fraction of sp³-hybridized carbons (Fsp3) is 0.143. The van der Waals surface area contributed by atoms with Gasteiger partial charge in [0, 0.05) is 12.2 Å². The van der Waals surface area contributed by atoms with Crippen molar-refractivity contribution in [3.05, 3.63) is 53.1 Å². The summed E-state index contributed by atoms with van der Waals surface area (Å²) in [7, 11) is -2.24. The van der Waals surface area contributed by atoms with Crippen molar-refractivity contribution in [1.29, 1.82) is 0 Å². The van der Waals surface area contributed by atoms with E-state index in [2.05, 4.69) is 4.72 Å². The normalized spacial score (nSPS) is 11.2. The number of rotatable bonds is 5. The Morgan fingerprint density at radius 3 is 2.43 bits per heavy atom. The minimum absolute atomic E-state index is 0.00272. The predicted octanol–water partition coefficient (Wildman–Crippen LogP) is 2.61. The molecule has 2 aromatic rings. The van der Waals surface area contributed by atoms with Crippen molar-refractivity contribution in [2.45, 2.75) is 11.4 Å². The first-order valence-electron chi connectivity index (χ1n) is 6.11. The van der Waals surface area contributed by atoms with E-state index in [1.54, 1.807) is 30.3 Å². The van der Waals surface area contributed by atoms with Crippen LogP contribution in [0.3, 0.4) is 0 Å². The maximum Gasteiger partial charge on any atom is 0.263 e. The van der Waals surface area contributed by atoms with Crippen LogP contribution in [-0.4, -0.2) is 15.5 Å². The van der Waals surface area contributed by atoms with E-state index < -0.39 is 10.0 Å². The van der Waals surface area contributed by atoms with Crippen LogP contribution in [0.4, 0.5) is 5.69 Å². The highest BCUT2D eigenvalue weighted by molar-refractivity contribution is 7.92. The molecule has 21 heavy (non-hydrogen) atoms. The Labute approximate surface area is 128 Å². The van der Waals surface area contributed by atoms with Gasteiger partial charge in [-0.3, -0.25) is 4.72 Å². The number of anilines is 1. The van der Waals surface area contributed by atoms with Crippen LogP contribution in [0.25, 0.3) is 0 Å². The summed E-state index contributed by atoms with van der Waals surface area (Å²) >= 11 is 5.97. The van der Waals surface area contributed by atoms with Gasteiger partial charge < -0.3 is 10.5 Å². The minimum Gasteiger partial charge on any atom is -0.497 e. The van der Waals surface area contributed by atoms with Gasteiger partial charge in [0.05, 0.1) is 12.1 Å². The Bertz CT molecular complexity index is 730. The van der Waals surface area contributed by atoms with Crippen molar-refractivity contribution >= 4 is 27.3 Å². The third-order valence-corrected chi connectivity index (χ3v) is 4.73. The molecule has 0 aliphatic rings. The molecule has 112 valence electrons. The van der Waals surface area contributed by atoms with Gasteiger partial charge in [-0.05, 0) is 42.0 Å². The maximum atomic E-state index is 12.4. The van der Waals surface area contributed by atoms with E-state index in [-0.39, 0.29) is 16.5 Å². The van der Waals surface area contributed by atoms with Crippen LogP contribution in [0.5, 0.6) is 5.75 Å². The molecule has 0 aliphatic carbocycles. The summed E-state index contributed by atoms with van der Waals surface area (Å²) in [6.45, 7) is 0.238. The number of nitrogens with two attached hydrogens (primary N) is 1. The smallest absolute Gasteiger partial charge is 0.263 e. The van der Waals surface area contributed by atoms with E-state index in [0.29, 0.717) is 17.0 Å². The first-order valence-corrected chi connectivity index (χ1v) is 7.98. The highest BCUT2D eigenvalue weighted by atomic mass is 35.5. The number of halogens is 1. The number of ether oxygens (including phenoxy) is 1. The second kappa shape index (κ2) is 6.34. The molecule has 0 saturated heterocycles. The average molecular weight is 327 g/mol. The molecular weight excluding hydrogens is 312 g/mol.